The Labute approximate surface area is 175 Å². The summed E-state index contributed by atoms with van der Waals surface area (Å²) in [6.07, 6.45) is 4.03. The van der Waals surface area contributed by atoms with E-state index in [4.69, 9.17) is 11.3 Å². The van der Waals surface area contributed by atoms with Gasteiger partial charge < -0.3 is 9.64 Å². The van der Waals surface area contributed by atoms with Gasteiger partial charge in [-0.3, -0.25) is 4.79 Å². The maximum atomic E-state index is 13.4. The zero-order valence-corrected chi connectivity index (χ0v) is 16.7. The third-order valence-corrected chi connectivity index (χ3v) is 6.04. The Balaban J connectivity index is 1.26. The van der Waals surface area contributed by atoms with Crippen molar-refractivity contribution in [3.8, 4) is 0 Å². The topological polar surface area (TPSA) is 51.0 Å². The van der Waals surface area contributed by atoms with Gasteiger partial charge in [-0.1, -0.05) is 29.8 Å². The summed E-state index contributed by atoms with van der Waals surface area (Å²) in [6.45, 7) is 8.79. The predicted octanol–water partition coefficient (Wildman–Crippen LogP) is 4.46. The Bertz CT molecular complexity index is 1020. The van der Waals surface area contributed by atoms with Crippen LogP contribution in [0.1, 0.15) is 46.3 Å². The van der Waals surface area contributed by atoms with E-state index in [1.54, 1.807) is 18.2 Å². The highest BCUT2D eigenvalue weighted by Gasteiger charge is 2.24. The number of fused-ring (bicyclic) bond motifs is 1. The summed E-state index contributed by atoms with van der Waals surface area (Å²) >= 11 is 0. The van der Waals surface area contributed by atoms with Crippen molar-refractivity contribution in [1.82, 2.24) is 4.90 Å². The van der Waals surface area contributed by atoms with Gasteiger partial charge in [0.1, 0.15) is 12.4 Å². The second-order valence-corrected chi connectivity index (χ2v) is 8.00. The van der Waals surface area contributed by atoms with E-state index in [-0.39, 0.29) is 24.2 Å². The average Bonchev–Trinajstić information content (AvgIpc) is 3.13. The van der Waals surface area contributed by atoms with Crippen molar-refractivity contribution in [3.05, 3.63) is 75.9 Å². The van der Waals surface area contributed by atoms with Crippen LogP contribution in [0.3, 0.4) is 0 Å². The lowest BCUT2D eigenvalue weighted by atomic mass is 9.90. The second kappa shape index (κ2) is 8.66. The number of nitrogens with zero attached hydrogens (tertiary/aromatic N) is 2. The van der Waals surface area contributed by atoms with Crippen LogP contribution in [0.25, 0.3) is 4.85 Å². The number of carbonyl (C=O) groups excluding carboxylic acids is 2. The first-order chi connectivity index (χ1) is 14.5. The lowest BCUT2D eigenvalue weighted by molar-refractivity contribution is -0.131. The van der Waals surface area contributed by atoms with Crippen molar-refractivity contribution < 1.29 is 18.7 Å². The minimum Gasteiger partial charge on any atom is -0.457 e. The van der Waals surface area contributed by atoms with Crippen molar-refractivity contribution in [2.24, 2.45) is 5.92 Å². The molecule has 154 valence electrons. The molecule has 0 spiro atoms. The van der Waals surface area contributed by atoms with E-state index < -0.39 is 5.82 Å². The minimum absolute atomic E-state index is 0.0791. The first-order valence-electron chi connectivity index (χ1n) is 10.3. The highest BCUT2D eigenvalue weighted by molar-refractivity contribution is 5.93. The number of amides is 1. The molecule has 5 nitrogen and oxygen atoms in total. The van der Waals surface area contributed by atoms with Crippen LogP contribution in [0, 0.1) is 18.3 Å². The molecule has 4 rings (SSSR count). The van der Waals surface area contributed by atoms with Crippen molar-refractivity contribution in [2.75, 3.05) is 13.1 Å². The number of rotatable bonds is 5. The molecule has 2 aromatic rings. The lowest BCUT2D eigenvalue weighted by Crippen LogP contribution is -2.39. The Hall–Kier alpha value is -3.20. The molecule has 2 heterocycles. The van der Waals surface area contributed by atoms with Gasteiger partial charge in [0, 0.05) is 18.7 Å². The van der Waals surface area contributed by atoms with Crippen LogP contribution in [0.15, 0.2) is 36.4 Å². The number of benzene rings is 2. The monoisotopic (exact) mass is 406 g/mol. The standard InChI is InChI=1S/C24H23FN2O3/c1-26-22-13-17(5-7-21(22)25)3-2-16-8-10-27(11-9-16)23(28)14-18-4-6-20-19(12-18)15-30-24(20)29/h4-7,12-13,16H,2-3,8-11,14-15H2. The van der Waals surface area contributed by atoms with E-state index in [1.807, 2.05) is 17.0 Å². The van der Waals surface area contributed by atoms with E-state index in [2.05, 4.69) is 4.85 Å². The number of aryl methyl sites for hydroxylation is 1. The van der Waals surface area contributed by atoms with Crippen LogP contribution in [0.5, 0.6) is 0 Å². The fourth-order valence-corrected chi connectivity index (χ4v) is 4.22. The molecule has 6 heteroatoms. The van der Waals surface area contributed by atoms with Crippen LogP contribution in [0.4, 0.5) is 10.1 Å². The molecule has 0 bridgehead atoms. The van der Waals surface area contributed by atoms with Crippen LogP contribution in [0.2, 0.25) is 0 Å². The molecule has 0 unspecified atom stereocenters. The van der Waals surface area contributed by atoms with E-state index in [9.17, 15) is 14.0 Å². The molecule has 0 aromatic heterocycles. The Kier molecular flexibility index (Phi) is 5.80. The fraction of sp³-hybridized carbons (Fsp3) is 0.375. The van der Waals surface area contributed by atoms with E-state index >= 15 is 0 Å². The summed E-state index contributed by atoms with van der Waals surface area (Å²) in [4.78, 5) is 29.4. The van der Waals surface area contributed by atoms with Crippen molar-refractivity contribution in [2.45, 2.75) is 38.7 Å². The molecule has 2 aliphatic rings. The summed E-state index contributed by atoms with van der Waals surface area (Å²) in [7, 11) is 0. The van der Waals surface area contributed by atoms with Gasteiger partial charge in [-0.15, -0.1) is 0 Å². The van der Waals surface area contributed by atoms with E-state index in [0.717, 1.165) is 55.5 Å². The summed E-state index contributed by atoms with van der Waals surface area (Å²) in [6, 6.07) is 10.2. The molecule has 2 aliphatic heterocycles. The third-order valence-electron chi connectivity index (χ3n) is 6.04. The average molecular weight is 406 g/mol. The van der Waals surface area contributed by atoms with Gasteiger partial charge in [0.25, 0.3) is 0 Å². The molecule has 1 amide bonds. The zero-order valence-electron chi connectivity index (χ0n) is 16.7. The molecular weight excluding hydrogens is 383 g/mol. The Morgan fingerprint density at radius 2 is 1.93 bits per heavy atom. The highest BCUT2D eigenvalue weighted by Crippen LogP contribution is 2.26. The normalized spacial score (nSPS) is 16.1. The molecule has 0 radical (unpaired) electrons. The molecule has 0 atom stereocenters. The largest absolute Gasteiger partial charge is 0.457 e. The lowest BCUT2D eigenvalue weighted by Gasteiger charge is -2.32. The van der Waals surface area contributed by atoms with Crippen LogP contribution in [-0.4, -0.2) is 29.9 Å². The van der Waals surface area contributed by atoms with Crippen molar-refractivity contribution in [3.63, 3.8) is 0 Å². The van der Waals surface area contributed by atoms with E-state index in [0.29, 0.717) is 17.9 Å². The second-order valence-electron chi connectivity index (χ2n) is 8.00. The van der Waals surface area contributed by atoms with Gasteiger partial charge in [0.05, 0.1) is 18.6 Å². The molecule has 0 aliphatic carbocycles. The number of ether oxygens (including phenoxy) is 1. The summed E-state index contributed by atoms with van der Waals surface area (Å²) in [5.74, 6) is -0.128. The SMILES string of the molecule is [C-]#[N+]c1cc(CCC2CCN(C(=O)Cc3ccc4c(c3)COC4=O)CC2)ccc1F. The van der Waals surface area contributed by atoms with Crippen LogP contribution in [-0.2, 0) is 29.0 Å². The van der Waals surface area contributed by atoms with Crippen molar-refractivity contribution in [1.29, 1.82) is 0 Å². The molecular formula is C24H23FN2O3. The number of hydrogen-bond donors (Lipinski definition) is 0. The van der Waals surface area contributed by atoms with Gasteiger partial charge in [0.2, 0.25) is 11.6 Å². The van der Waals surface area contributed by atoms with Crippen molar-refractivity contribution >= 4 is 17.6 Å². The number of halogens is 1. The molecule has 0 N–H and O–H groups in total. The summed E-state index contributed by atoms with van der Waals surface area (Å²) in [5, 5.41) is 0. The zero-order chi connectivity index (χ0) is 21.1. The summed E-state index contributed by atoms with van der Waals surface area (Å²) < 4.78 is 18.5. The number of likely N-dealkylation sites (tertiary alicyclic amines) is 1. The smallest absolute Gasteiger partial charge is 0.338 e. The van der Waals surface area contributed by atoms with Crippen LogP contribution >= 0.6 is 0 Å². The first kappa shape index (κ1) is 20.1. The summed E-state index contributed by atoms with van der Waals surface area (Å²) in [5.41, 5.74) is 3.42. The molecule has 1 saturated heterocycles. The fourth-order valence-electron chi connectivity index (χ4n) is 4.22. The number of piperidine rings is 1. The van der Waals surface area contributed by atoms with E-state index in [1.165, 1.54) is 6.07 Å². The van der Waals surface area contributed by atoms with Gasteiger partial charge in [0.15, 0.2) is 0 Å². The van der Waals surface area contributed by atoms with Gasteiger partial charge >= 0.3 is 5.97 Å². The Morgan fingerprint density at radius 3 is 2.70 bits per heavy atom. The number of carbonyl (C=O) groups is 2. The predicted molar refractivity (Wildman–Crippen MR) is 110 cm³/mol. The molecule has 0 saturated carbocycles. The maximum Gasteiger partial charge on any atom is 0.338 e. The van der Waals surface area contributed by atoms with Crippen LogP contribution < -0.4 is 0 Å². The van der Waals surface area contributed by atoms with Gasteiger partial charge in [-0.05, 0) is 49.3 Å². The van der Waals surface area contributed by atoms with Gasteiger partial charge in [-0.2, -0.15) is 0 Å². The molecule has 30 heavy (non-hydrogen) atoms. The third kappa shape index (κ3) is 4.35. The number of hydrogen-bond acceptors (Lipinski definition) is 3. The minimum atomic E-state index is -0.469. The number of esters is 1. The maximum absolute atomic E-state index is 13.4. The quantitative estimate of drug-likeness (QED) is 0.544. The molecule has 2 aromatic carbocycles. The molecule has 1 fully saturated rings. The first-order valence-corrected chi connectivity index (χ1v) is 10.3. The Morgan fingerprint density at radius 1 is 1.17 bits per heavy atom. The number of cyclic esters (lactones) is 1. The van der Waals surface area contributed by atoms with Gasteiger partial charge in [-0.25, -0.2) is 14.0 Å². The highest BCUT2D eigenvalue weighted by atomic mass is 19.1.